The van der Waals surface area contributed by atoms with E-state index >= 15 is 0 Å². The molecule has 106 valence electrons. The summed E-state index contributed by atoms with van der Waals surface area (Å²) in [5.41, 5.74) is 8.39. The van der Waals surface area contributed by atoms with Crippen LogP contribution >= 0.6 is 0 Å². The fourth-order valence-electron chi connectivity index (χ4n) is 2.36. The van der Waals surface area contributed by atoms with Crippen LogP contribution in [0.25, 0.3) is 10.4 Å². The summed E-state index contributed by atoms with van der Waals surface area (Å²) in [6.45, 7) is 5.41. The number of hydrogen-bond donors (Lipinski definition) is 1. The molecule has 1 aliphatic rings. The molecule has 0 aromatic heterocycles. The summed E-state index contributed by atoms with van der Waals surface area (Å²) in [7, 11) is 0. The molecule has 19 heavy (non-hydrogen) atoms. The summed E-state index contributed by atoms with van der Waals surface area (Å²) < 4.78 is 0. The maximum atomic E-state index is 8.39. The number of nitrogens with zero attached hydrogens (tertiary/aromatic N) is 4. The Morgan fingerprint density at radius 1 is 1.26 bits per heavy atom. The zero-order valence-corrected chi connectivity index (χ0v) is 11.7. The van der Waals surface area contributed by atoms with E-state index in [4.69, 9.17) is 12.0 Å². The van der Waals surface area contributed by atoms with Crippen molar-refractivity contribution >= 4 is 0 Å². The van der Waals surface area contributed by atoms with Gasteiger partial charge in [0.25, 0.3) is 0 Å². The van der Waals surface area contributed by atoms with Gasteiger partial charge in [0.15, 0.2) is 0 Å². The Kier molecular flexibility index (Phi) is 8.91. The quantitative estimate of drug-likeness (QED) is 0.228. The molecule has 0 bridgehead atoms. The Bertz CT molecular complexity index is 308. The monoisotopic (exact) mass is 263 g/mol. The first-order valence-corrected chi connectivity index (χ1v) is 7.27. The zero-order valence-electron chi connectivity index (χ0n) is 11.7. The van der Waals surface area contributed by atoms with Crippen LogP contribution in [0, 0.1) is 12.3 Å². The molecule has 0 saturated carbocycles. The van der Waals surface area contributed by atoms with Crippen LogP contribution < -0.4 is 5.32 Å². The maximum Gasteiger partial charge on any atom is 0.0398 e. The van der Waals surface area contributed by atoms with Crippen molar-refractivity contribution in [1.82, 2.24) is 10.2 Å². The summed E-state index contributed by atoms with van der Waals surface area (Å²) in [6.07, 6.45) is 11.6. The van der Waals surface area contributed by atoms with Crippen molar-refractivity contribution < 1.29 is 0 Å². The van der Waals surface area contributed by atoms with Crippen LogP contribution in [-0.4, -0.2) is 43.7 Å². The second-order valence-electron chi connectivity index (χ2n) is 5.04. The molecule has 0 atom stereocenters. The molecule has 1 fully saturated rings. The molecule has 0 spiro atoms. The van der Waals surface area contributed by atoms with Gasteiger partial charge >= 0.3 is 0 Å². The van der Waals surface area contributed by atoms with Crippen molar-refractivity contribution in [3.8, 4) is 12.3 Å². The molecule has 0 aromatic carbocycles. The van der Waals surface area contributed by atoms with E-state index in [1.165, 1.54) is 12.8 Å². The van der Waals surface area contributed by atoms with Gasteiger partial charge in [0.05, 0.1) is 0 Å². The minimum Gasteiger partial charge on any atom is -0.317 e. The summed E-state index contributed by atoms with van der Waals surface area (Å²) in [6, 6.07) is 0.221. The zero-order chi connectivity index (χ0) is 13.8. The van der Waals surface area contributed by atoms with E-state index in [1.807, 2.05) is 0 Å². The molecule has 0 radical (unpaired) electrons. The van der Waals surface area contributed by atoms with E-state index in [0.717, 1.165) is 58.4 Å². The van der Waals surface area contributed by atoms with Crippen molar-refractivity contribution in [1.29, 1.82) is 0 Å². The molecule has 1 heterocycles. The van der Waals surface area contributed by atoms with Crippen molar-refractivity contribution in [3.05, 3.63) is 10.4 Å². The minimum atomic E-state index is 0.221. The van der Waals surface area contributed by atoms with Gasteiger partial charge in [-0.3, -0.25) is 0 Å². The summed E-state index contributed by atoms with van der Waals surface area (Å²) >= 11 is 0. The maximum absolute atomic E-state index is 8.39. The molecule has 1 rings (SSSR count). The number of unbranched alkanes of at least 4 members (excludes halogenated alkanes) is 2. The van der Waals surface area contributed by atoms with Crippen LogP contribution in [-0.2, 0) is 0 Å². The second kappa shape index (κ2) is 10.7. The average molecular weight is 263 g/mol. The highest BCUT2D eigenvalue weighted by molar-refractivity contribution is 4.83. The minimum absolute atomic E-state index is 0.221. The standard InChI is InChI=1S/C14H25N5/c1-2-3-4-9-16-10-5-6-11-19-12-7-14(8-13-19)17-18-15/h1,14,16H,3-13H2. The number of rotatable bonds is 9. The molecule has 0 aromatic rings. The molecule has 0 amide bonds. The largest absolute Gasteiger partial charge is 0.317 e. The summed E-state index contributed by atoms with van der Waals surface area (Å²) in [5.74, 6) is 2.65. The van der Waals surface area contributed by atoms with Gasteiger partial charge in [-0.2, -0.15) is 0 Å². The molecule has 5 nitrogen and oxygen atoms in total. The van der Waals surface area contributed by atoms with Crippen molar-refractivity contribution in [2.75, 3.05) is 32.7 Å². The van der Waals surface area contributed by atoms with Gasteiger partial charge in [-0.15, -0.1) is 12.3 Å². The van der Waals surface area contributed by atoms with Crippen LogP contribution in [0.4, 0.5) is 0 Å². The second-order valence-corrected chi connectivity index (χ2v) is 5.04. The lowest BCUT2D eigenvalue weighted by Gasteiger charge is -2.29. The lowest BCUT2D eigenvalue weighted by atomic mass is 10.1. The van der Waals surface area contributed by atoms with Crippen molar-refractivity contribution in [2.24, 2.45) is 5.11 Å². The highest BCUT2D eigenvalue weighted by Gasteiger charge is 2.17. The Morgan fingerprint density at radius 2 is 2.00 bits per heavy atom. The van der Waals surface area contributed by atoms with E-state index in [1.54, 1.807) is 0 Å². The lowest BCUT2D eigenvalue weighted by Crippen LogP contribution is -2.35. The topological polar surface area (TPSA) is 64.0 Å². The summed E-state index contributed by atoms with van der Waals surface area (Å²) in [4.78, 5) is 5.36. The Hall–Kier alpha value is -1.21. The van der Waals surface area contributed by atoms with Crippen LogP contribution in [0.3, 0.4) is 0 Å². The van der Waals surface area contributed by atoms with Crippen LogP contribution in [0.5, 0.6) is 0 Å². The van der Waals surface area contributed by atoms with Gasteiger partial charge in [0.2, 0.25) is 0 Å². The number of azide groups is 1. The SMILES string of the molecule is C#CCCCNCCCCN1CCC(N=[N+]=[N-])CC1. The van der Waals surface area contributed by atoms with Gasteiger partial charge in [0, 0.05) is 17.4 Å². The number of piperidine rings is 1. The third-order valence-corrected chi connectivity index (χ3v) is 3.52. The predicted octanol–water partition coefficient (Wildman–Crippen LogP) is 2.54. The Morgan fingerprint density at radius 3 is 2.68 bits per heavy atom. The van der Waals surface area contributed by atoms with E-state index in [-0.39, 0.29) is 6.04 Å². The molecule has 0 unspecified atom stereocenters. The Balaban J connectivity index is 1.91. The number of nitrogens with one attached hydrogen (secondary N) is 1. The van der Waals surface area contributed by atoms with Crippen LogP contribution in [0.15, 0.2) is 5.11 Å². The average Bonchev–Trinajstić information content (AvgIpc) is 2.44. The molecule has 5 heteroatoms. The molecule has 1 aliphatic heterocycles. The molecule has 1 N–H and O–H groups in total. The predicted molar refractivity (Wildman–Crippen MR) is 78.8 cm³/mol. The van der Waals surface area contributed by atoms with Gasteiger partial charge < -0.3 is 10.2 Å². The van der Waals surface area contributed by atoms with Crippen molar-refractivity contribution in [2.45, 2.75) is 44.6 Å². The van der Waals surface area contributed by atoms with E-state index in [9.17, 15) is 0 Å². The third kappa shape index (κ3) is 7.74. The lowest BCUT2D eigenvalue weighted by molar-refractivity contribution is 0.209. The van der Waals surface area contributed by atoms with E-state index < -0.39 is 0 Å². The first-order chi connectivity index (χ1) is 9.36. The normalized spacial score (nSPS) is 16.8. The van der Waals surface area contributed by atoms with Crippen LogP contribution in [0.2, 0.25) is 0 Å². The summed E-state index contributed by atoms with van der Waals surface area (Å²) in [5, 5.41) is 7.21. The van der Waals surface area contributed by atoms with Crippen LogP contribution in [0.1, 0.15) is 38.5 Å². The number of hydrogen-bond acceptors (Lipinski definition) is 3. The number of terminal acetylenes is 1. The smallest absolute Gasteiger partial charge is 0.0398 e. The first kappa shape index (κ1) is 15.8. The molecule has 1 saturated heterocycles. The molecular weight excluding hydrogens is 238 g/mol. The highest BCUT2D eigenvalue weighted by Crippen LogP contribution is 2.14. The van der Waals surface area contributed by atoms with E-state index in [2.05, 4.69) is 26.2 Å². The van der Waals surface area contributed by atoms with Gasteiger partial charge in [-0.1, -0.05) is 5.11 Å². The van der Waals surface area contributed by atoms with Gasteiger partial charge in [0.1, 0.15) is 0 Å². The van der Waals surface area contributed by atoms with Crippen molar-refractivity contribution in [3.63, 3.8) is 0 Å². The molecule has 0 aliphatic carbocycles. The van der Waals surface area contributed by atoms with Gasteiger partial charge in [-0.25, -0.2) is 0 Å². The molecular formula is C14H25N5. The first-order valence-electron chi connectivity index (χ1n) is 7.27. The van der Waals surface area contributed by atoms with Gasteiger partial charge in [-0.05, 0) is 70.4 Å². The Labute approximate surface area is 116 Å². The number of likely N-dealkylation sites (tertiary alicyclic amines) is 1. The fraction of sp³-hybridized carbons (Fsp3) is 0.857. The fourth-order valence-corrected chi connectivity index (χ4v) is 2.36. The van der Waals surface area contributed by atoms with E-state index in [0.29, 0.717) is 0 Å². The highest BCUT2D eigenvalue weighted by atomic mass is 15.2. The third-order valence-electron chi connectivity index (χ3n) is 3.52.